The molecule has 0 fully saturated rings. The van der Waals surface area contributed by atoms with Gasteiger partial charge in [-0.2, -0.15) is 0 Å². The Labute approximate surface area is 119 Å². The molecule has 1 aromatic heterocycles. The molecule has 0 spiro atoms. The number of nitro groups is 1. The van der Waals surface area contributed by atoms with Crippen molar-refractivity contribution < 1.29 is 9.72 Å². The van der Waals surface area contributed by atoms with Gasteiger partial charge in [-0.05, 0) is 13.0 Å². The molecule has 0 bridgehead atoms. The van der Waals surface area contributed by atoms with E-state index in [-0.39, 0.29) is 10.9 Å². The monoisotopic (exact) mass is 384 g/mol. The van der Waals surface area contributed by atoms with Crippen LogP contribution in [0.4, 0.5) is 5.00 Å². The summed E-state index contributed by atoms with van der Waals surface area (Å²) < 4.78 is 0. The van der Waals surface area contributed by atoms with Gasteiger partial charge in [0, 0.05) is 16.7 Å². The number of hydrogen-bond donors (Lipinski definition) is 1. The topological polar surface area (TPSA) is 72.2 Å². The maximum Gasteiger partial charge on any atom is 0.324 e. The molecule has 0 aliphatic rings. The highest BCUT2D eigenvalue weighted by Crippen LogP contribution is 2.24. The van der Waals surface area contributed by atoms with Gasteiger partial charge < -0.3 is 5.32 Å². The van der Waals surface area contributed by atoms with Gasteiger partial charge in [-0.3, -0.25) is 14.9 Å². The van der Waals surface area contributed by atoms with Crippen molar-refractivity contribution in [1.29, 1.82) is 0 Å². The third-order valence-corrected chi connectivity index (χ3v) is 5.51. The summed E-state index contributed by atoms with van der Waals surface area (Å²) in [5, 5.41) is 14.5. The van der Waals surface area contributed by atoms with Crippen LogP contribution in [0.1, 0.15) is 16.6 Å². The average molecular weight is 386 g/mol. The molecule has 0 saturated heterocycles. The predicted molar refractivity (Wildman–Crippen MR) is 74.4 cm³/mol. The smallest absolute Gasteiger partial charge is 0.324 e. The van der Waals surface area contributed by atoms with Gasteiger partial charge in [-0.1, -0.05) is 43.2 Å². The summed E-state index contributed by atoms with van der Waals surface area (Å²) in [4.78, 5) is 22.2. The van der Waals surface area contributed by atoms with Crippen LogP contribution in [0.15, 0.2) is 12.1 Å². The first-order valence-electron chi connectivity index (χ1n) is 4.60. The van der Waals surface area contributed by atoms with Crippen LogP contribution in [0.2, 0.25) is 0 Å². The summed E-state index contributed by atoms with van der Waals surface area (Å²) in [6.07, 6.45) is 0. The van der Waals surface area contributed by atoms with Crippen LogP contribution in [0.5, 0.6) is 0 Å². The predicted octanol–water partition coefficient (Wildman–Crippen LogP) is 2.93. The molecule has 0 unspecified atom stereocenters. The van der Waals surface area contributed by atoms with Gasteiger partial charge >= 0.3 is 5.00 Å². The summed E-state index contributed by atoms with van der Waals surface area (Å²) in [6, 6.07) is 2.79. The lowest BCUT2D eigenvalue weighted by Gasteiger charge is -2.25. The molecule has 0 aliphatic heterocycles. The van der Waals surface area contributed by atoms with Gasteiger partial charge in [-0.25, -0.2) is 0 Å². The van der Waals surface area contributed by atoms with Crippen molar-refractivity contribution in [1.82, 2.24) is 5.32 Å². The minimum absolute atomic E-state index is 0.0328. The molecule has 0 aliphatic carbocycles. The van der Waals surface area contributed by atoms with E-state index in [9.17, 15) is 14.9 Å². The Balaban J connectivity index is 2.79. The maximum atomic E-state index is 11.8. The van der Waals surface area contributed by atoms with E-state index in [2.05, 4.69) is 37.2 Å². The van der Waals surface area contributed by atoms with E-state index in [4.69, 9.17) is 0 Å². The van der Waals surface area contributed by atoms with Crippen LogP contribution >= 0.6 is 43.2 Å². The first kappa shape index (κ1) is 14.6. The number of hydrogen-bond acceptors (Lipinski definition) is 4. The Hall–Kier alpha value is -0.470. The summed E-state index contributed by atoms with van der Waals surface area (Å²) in [6.45, 7) is 1.87. The molecule has 0 aromatic carbocycles. The van der Waals surface area contributed by atoms with Gasteiger partial charge in [-0.15, -0.1) is 0 Å². The summed E-state index contributed by atoms with van der Waals surface area (Å²) >= 11 is 7.49. The molecule has 1 rings (SSSR count). The van der Waals surface area contributed by atoms with E-state index >= 15 is 0 Å². The largest absolute Gasteiger partial charge is 0.344 e. The van der Waals surface area contributed by atoms with Crippen molar-refractivity contribution in [3.63, 3.8) is 0 Å². The molecule has 8 heteroatoms. The third kappa shape index (κ3) is 3.75. The molecule has 1 heterocycles. The van der Waals surface area contributed by atoms with Crippen molar-refractivity contribution >= 4 is 54.1 Å². The molecule has 1 aromatic rings. The highest BCUT2D eigenvalue weighted by Gasteiger charge is 2.25. The van der Waals surface area contributed by atoms with E-state index in [1.165, 1.54) is 12.1 Å². The number of carbonyl (C=O) groups excluding carboxylic acids is 1. The first-order valence-corrected chi connectivity index (χ1v) is 7.66. The number of amides is 1. The number of halogens is 2. The third-order valence-electron chi connectivity index (χ3n) is 2.00. The van der Waals surface area contributed by atoms with Gasteiger partial charge in [0.05, 0.1) is 15.3 Å². The van der Waals surface area contributed by atoms with Crippen molar-refractivity contribution in [3.05, 3.63) is 27.1 Å². The number of thiophene rings is 1. The standard InChI is InChI=1S/C9H10Br2N2O3S/c1-9(4-10,5-11)12-8(14)6-2-3-7(17-6)13(15)16/h2-3H,4-5H2,1H3,(H,12,14). The number of nitrogens with one attached hydrogen (secondary N) is 1. The van der Waals surface area contributed by atoms with E-state index in [0.29, 0.717) is 15.5 Å². The van der Waals surface area contributed by atoms with Gasteiger partial charge in [0.1, 0.15) is 0 Å². The average Bonchev–Trinajstić information content (AvgIpc) is 2.78. The summed E-state index contributed by atoms with van der Waals surface area (Å²) in [5.41, 5.74) is -0.421. The van der Waals surface area contributed by atoms with Crippen molar-refractivity contribution in [2.75, 3.05) is 10.7 Å². The zero-order valence-electron chi connectivity index (χ0n) is 8.91. The maximum absolute atomic E-state index is 11.8. The number of carbonyl (C=O) groups is 1. The molecular weight excluding hydrogens is 376 g/mol. The van der Waals surface area contributed by atoms with Crippen molar-refractivity contribution in [3.8, 4) is 0 Å². The molecule has 94 valence electrons. The lowest BCUT2D eigenvalue weighted by Crippen LogP contribution is -2.48. The van der Waals surface area contributed by atoms with Gasteiger partial charge in [0.25, 0.3) is 5.91 Å². The second-order valence-corrected chi connectivity index (χ2v) is 5.86. The van der Waals surface area contributed by atoms with Crippen LogP contribution in [0.3, 0.4) is 0 Å². The lowest BCUT2D eigenvalue weighted by molar-refractivity contribution is -0.380. The zero-order valence-corrected chi connectivity index (χ0v) is 12.9. The van der Waals surface area contributed by atoms with Crippen LogP contribution in [-0.2, 0) is 0 Å². The molecular formula is C9H10Br2N2O3S. The quantitative estimate of drug-likeness (QED) is 0.481. The molecule has 5 nitrogen and oxygen atoms in total. The fraction of sp³-hybridized carbons (Fsp3) is 0.444. The number of alkyl halides is 2. The van der Waals surface area contributed by atoms with E-state index in [1.54, 1.807) is 0 Å². The molecule has 17 heavy (non-hydrogen) atoms. The van der Waals surface area contributed by atoms with E-state index in [1.807, 2.05) is 6.92 Å². The SMILES string of the molecule is CC(CBr)(CBr)NC(=O)c1ccc([N+](=O)[O-])s1. The highest BCUT2D eigenvalue weighted by atomic mass is 79.9. The second kappa shape index (κ2) is 5.92. The summed E-state index contributed by atoms with van der Waals surface area (Å²) in [7, 11) is 0. The van der Waals surface area contributed by atoms with Gasteiger partial charge in [0.2, 0.25) is 0 Å². The van der Waals surface area contributed by atoms with E-state index < -0.39 is 10.5 Å². The van der Waals surface area contributed by atoms with Crippen LogP contribution in [-0.4, -0.2) is 27.0 Å². The van der Waals surface area contributed by atoms with Crippen LogP contribution in [0, 0.1) is 10.1 Å². The Kier molecular flexibility index (Phi) is 5.08. The lowest BCUT2D eigenvalue weighted by atomic mass is 10.1. The highest BCUT2D eigenvalue weighted by molar-refractivity contribution is 9.09. The first-order chi connectivity index (χ1) is 7.91. The molecule has 0 atom stereocenters. The molecule has 0 radical (unpaired) electrons. The Bertz CT molecular complexity index is 432. The van der Waals surface area contributed by atoms with E-state index in [0.717, 1.165) is 11.3 Å². The Morgan fingerprint density at radius 1 is 1.53 bits per heavy atom. The fourth-order valence-corrected chi connectivity index (χ4v) is 2.91. The zero-order chi connectivity index (χ0) is 13.1. The molecule has 1 amide bonds. The van der Waals surface area contributed by atoms with Crippen LogP contribution < -0.4 is 5.32 Å². The minimum atomic E-state index is -0.504. The van der Waals surface area contributed by atoms with Crippen LogP contribution in [0.25, 0.3) is 0 Å². The number of rotatable bonds is 5. The minimum Gasteiger partial charge on any atom is -0.344 e. The molecule has 1 N–H and O–H groups in total. The summed E-state index contributed by atoms with van der Waals surface area (Å²) in [5.74, 6) is -0.301. The fourth-order valence-electron chi connectivity index (χ4n) is 0.986. The second-order valence-electron chi connectivity index (χ2n) is 3.68. The molecule has 0 saturated carbocycles. The van der Waals surface area contributed by atoms with Crippen molar-refractivity contribution in [2.24, 2.45) is 0 Å². The Morgan fingerprint density at radius 2 is 2.12 bits per heavy atom. The number of nitrogens with zero attached hydrogens (tertiary/aromatic N) is 1. The Morgan fingerprint density at radius 3 is 2.53 bits per heavy atom. The van der Waals surface area contributed by atoms with Crippen molar-refractivity contribution in [2.45, 2.75) is 12.5 Å². The normalized spacial score (nSPS) is 11.2. The van der Waals surface area contributed by atoms with Gasteiger partial charge in [0.15, 0.2) is 0 Å².